The zero-order valence-corrected chi connectivity index (χ0v) is 13.3. The first-order valence-electron chi connectivity index (χ1n) is 7.25. The number of anilines is 2. The molecular weight excluding hydrogens is 320 g/mol. The van der Waals surface area contributed by atoms with E-state index in [2.05, 4.69) is 10.2 Å². The number of fused-ring (bicyclic) bond motifs is 1. The molecular formula is C15H15ClN4O3. The van der Waals surface area contributed by atoms with Crippen molar-refractivity contribution >= 4 is 29.2 Å². The fourth-order valence-corrected chi connectivity index (χ4v) is 2.68. The number of halogens is 1. The second kappa shape index (κ2) is 6.37. The molecule has 0 aliphatic carbocycles. The van der Waals surface area contributed by atoms with Gasteiger partial charge in [-0.05, 0) is 25.1 Å². The molecule has 1 aromatic heterocycles. The van der Waals surface area contributed by atoms with Crippen molar-refractivity contribution in [3.05, 3.63) is 45.3 Å². The molecule has 0 radical (unpaired) electrons. The molecule has 0 atom stereocenters. The minimum absolute atomic E-state index is 0.0974. The summed E-state index contributed by atoms with van der Waals surface area (Å²) >= 11 is 6.01. The van der Waals surface area contributed by atoms with Crippen LogP contribution in [0.4, 0.5) is 11.6 Å². The summed E-state index contributed by atoms with van der Waals surface area (Å²) in [5.74, 6) is -0.0333. The lowest BCUT2D eigenvalue weighted by atomic mass is 10.3. The van der Waals surface area contributed by atoms with E-state index in [4.69, 9.17) is 16.3 Å². The van der Waals surface area contributed by atoms with E-state index in [0.717, 1.165) is 5.69 Å². The van der Waals surface area contributed by atoms with E-state index in [1.54, 1.807) is 19.1 Å². The topological polar surface area (TPSA) is 77.3 Å². The van der Waals surface area contributed by atoms with E-state index in [-0.39, 0.29) is 24.3 Å². The quantitative estimate of drug-likeness (QED) is 0.789. The molecule has 0 bridgehead atoms. The first-order valence-corrected chi connectivity index (χ1v) is 7.63. The monoisotopic (exact) mass is 334 g/mol. The van der Waals surface area contributed by atoms with Crippen LogP contribution in [-0.4, -0.2) is 33.9 Å². The highest BCUT2D eigenvalue weighted by atomic mass is 35.5. The van der Waals surface area contributed by atoms with Gasteiger partial charge in [-0.3, -0.25) is 14.2 Å². The van der Waals surface area contributed by atoms with Crippen molar-refractivity contribution in [1.29, 1.82) is 0 Å². The average Bonchev–Trinajstić information content (AvgIpc) is 2.95. The molecule has 0 N–H and O–H groups in total. The lowest BCUT2D eigenvalue weighted by molar-refractivity contribution is -0.142. The van der Waals surface area contributed by atoms with E-state index in [1.807, 2.05) is 17.0 Å². The Kier molecular flexibility index (Phi) is 4.29. The number of aromatic nitrogens is 3. The van der Waals surface area contributed by atoms with Crippen molar-refractivity contribution in [2.75, 3.05) is 18.1 Å². The number of hydrogen-bond acceptors (Lipinski definition) is 6. The van der Waals surface area contributed by atoms with Gasteiger partial charge in [-0.1, -0.05) is 17.7 Å². The zero-order valence-electron chi connectivity index (χ0n) is 12.5. The van der Waals surface area contributed by atoms with Gasteiger partial charge in [0.1, 0.15) is 5.69 Å². The highest BCUT2D eigenvalue weighted by Gasteiger charge is 2.26. The van der Waals surface area contributed by atoms with Crippen LogP contribution in [0.1, 0.15) is 12.6 Å². The van der Waals surface area contributed by atoms with Crippen molar-refractivity contribution in [1.82, 2.24) is 14.8 Å². The van der Waals surface area contributed by atoms with Crippen LogP contribution in [0.2, 0.25) is 5.02 Å². The van der Waals surface area contributed by atoms with E-state index in [9.17, 15) is 9.59 Å². The van der Waals surface area contributed by atoms with Crippen LogP contribution in [0.25, 0.3) is 0 Å². The zero-order chi connectivity index (χ0) is 16.4. The second-order valence-corrected chi connectivity index (χ2v) is 5.45. The SMILES string of the molecule is CCOC(=O)Cc1nnc2n(c1=O)CCN2c1cccc(Cl)c1. The highest BCUT2D eigenvalue weighted by Crippen LogP contribution is 2.28. The van der Waals surface area contributed by atoms with Crippen molar-refractivity contribution in [3.8, 4) is 0 Å². The van der Waals surface area contributed by atoms with Gasteiger partial charge in [0.25, 0.3) is 5.56 Å². The maximum atomic E-state index is 12.4. The Balaban J connectivity index is 1.92. The molecule has 1 aliphatic rings. The fourth-order valence-electron chi connectivity index (χ4n) is 2.50. The van der Waals surface area contributed by atoms with Gasteiger partial charge in [-0.15, -0.1) is 10.2 Å². The first kappa shape index (κ1) is 15.5. The van der Waals surface area contributed by atoms with Crippen molar-refractivity contribution in [2.24, 2.45) is 0 Å². The van der Waals surface area contributed by atoms with Gasteiger partial charge in [0.2, 0.25) is 5.95 Å². The molecule has 0 unspecified atom stereocenters. The van der Waals surface area contributed by atoms with Gasteiger partial charge in [0.15, 0.2) is 0 Å². The van der Waals surface area contributed by atoms with E-state index < -0.39 is 5.97 Å². The minimum Gasteiger partial charge on any atom is -0.466 e. The number of rotatable bonds is 4. The van der Waals surface area contributed by atoms with Crippen molar-refractivity contribution in [2.45, 2.75) is 19.9 Å². The van der Waals surface area contributed by atoms with Crippen LogP contribution >= 0.6 is 11.6 Å². The Morgan fingerprint density at radius 3 is 2.91 bits per heavy atom. The molecule has 1 aromatic carbocycles. The highest BCUT2D eigenvalue weighted by molar-refractivity contribution is 6.30. The molecule has 0 saturated heterocycles. The summed E-state index contributed by atoms with van der Waals surface area (Å²) in [5.41, 5.74) is 0.628. The number of esters is 1. The summed E-state index contributed by atoms with van der Waals surface area (Å²) in [6.45, 7) is 3.04. The van der Waals surface area contributed by atoms with Crippen LogP contribution in [0.15, 0.2) is 29.1 Å². The van der Waals surface area contributed by atoms with Gasteiger partial charge in [0, 0.05) is 23.8 Å². The Bertz CT molecular complexity index is 806. The van der Waals surface area contributed by atoms with Gasteiger partial charge < -0.3 is 9.64 Å². The van der Waals surface area contributed by atoms with Crippen LogP contribution < -0.4 is 10.5 Å². The number of benzene rings is 1. The predicted molar refractivity (Wildman–Crippen MR) is 85.1 cm³/mol. The second-order valence-electron chi connectivity index (χ2n) is 5.02. The number of ether oxygens (including phenoxy) is 1. The van der Waals surface area contributed by atoms with Gasteiger partial charge >= 0.3 is 5.97 Å². The number of hydrogen-bond donors (Lipinski definition) is 0. The summed E-state index contributed by atoms with van der Waals surface area (Å²) in [4.78, 5) is 25.8. The Hall–Kier alpha value is -2.41. The molecule has 23 heavy (non-hydrogen) atoms. The third kappa shape index (κ3) is 3.05. The lowest BCUT2D eigenvalue weighted by Crippen LogP contribution is -2.27. The molecule has 8 heteroatoms. The maximum Gasteiger partial charge on any atom is 0.312 e. The summed E-state index contributed by atoms with van der Waals surface area (Å²) in [5, 5.41) is 8.63. The summed E-state index contributed by atoms with van der Waals surface area (Å²) in [6.07, 6.45) is -0.170. The molecule has 2 heterocycles. The predicted octanol–water partition coefficient (Wildman–Crippen LogP) is 1.55. The minimum atomic E-state index is -0.482. The van der Waals surface area contributed by atoms with Crippen molar-refractivity contribution < 1.29 is 9.53 Å². The summed E-state index contributed by atoms with van der Waals surface area (Å²) in [6, 6.07) is 7.30. The summed E-state index contributed by atoms with van der Waals surface area (Å²) < 4.78 is 6.36. The Morgan fingerprint density at radius 1 is 1.35 bits per heavy atom. The van der Waals surface area contributed by atoms with Gasteiger partial charge in [-0.25, -0.2) is 0 Å². The normalized spacial score (nSPS) is 13.0. The number of carbonyl (C=O) groups is 1. The molecule has 0 fully saturated rings. The van der Waals surface area contributed by atoms with E-state index in [1.165, 1.54) is 4.57 Å². The average molecular weight is 335 g/mol. The van der Waals surface area contributed by atoms with Gasteiger partial charge in [0.05, 0.1) is 13.0 Å². The van der Waals surface area contributed by atoms with E-state index in [0.29, 0.717) is 24.1 Å². The van der Waals surface area contributed by atoms with Crippen LogP contribution in [0.3, 0.4) is 0 Å². The summed E-state index contributed by atoms with van der Waals surface area (Å²) in [7, 11) is 0. The van der Waals surface area contributed by atoms with Crippen LogP contribution in [-0.2, 0) is 22.5 Å². The lowest BCUT2D eigenvalue weighted by Gasteiger charge is -2.16. The third-order valence-electron chi connectivity index (χ3n) is 3.52. The van der Waals surface area contributed by atoms with E-state index >= 15 is 0 Å². The van der Waals surface area contributed by atoms with Crippen LogP contribution in [0.5, 0.6) is 0 Å². The molecule has 120 valence electrons. The molecule has 7 nitrogen and oxygen atoms in total. The Morgan fingerprint density at radius 2 is 2.17 bits per heavy atom. The fraction of sp³-hybridized carbons (Fsp3) is 0.333. The molecule has 3 rings (SSSR count). The van der Waals surface area contributed by atoms with Crippen LogP contribution in [0, 0.1) is 0 Å². The maximum absolute atomic E-state index is 12.4. The number of carbonyl (C=O) groups excluding carboxylic acids is 1. The molecule has 2 aromatic rings. The molecule has 0 saturated carbocycles. The molecule has 0 spiro atoms. The number of nitrogens with zero attached hydrogens (tertiary/aromatic N) is 4. The largest absolute Gasteiger partial charge is 0.466 e. The Labute approximate surface area is 137 Å². The van der Waals surface area contributed by atoms with Crippen molar-refractivity contribution in [3.63, 3.8) is 0 Å². The molecule has 0 amide bonds. The first-order chi connectivity index (χ1) is 11.1. The standard InChI is InChI=1S/C15H15ClN4O3/c1-2-23-13(21)9-12-14(22)20-7-6-19(15(20)18-17-12)11-5-3-4-10(16)8-11/h3-5,8H,2,6-7,9H2,1H3. The van der Waals surface area contributed by atoms with Gasteiger partial charge in [-0.2, -0.15) is 0 Å². The third-order valence-corrected chi connectivity index (χ3v) is 3.75. The molecule has 1 aliphatic heterocycles. The smallest absolute Gasteiger partial charge is 0.312 e.